The summed E-state index contributed by atoms with van der Waals surface area (Å²) in [5.41, 5.74) is 0. The quantitative estimate of drug-likeness (QED) is 0.762. The van der Waals surface area contributed by atoms with E-state index in [1.54, 1.807) is 4.90 Å². The molecule has 1 rings (SSSR count). The number of ether oxygens (including phenoxy) is 1. The van der Waals surface area contributed by atoms with Crippen LogP contribution < -0.4 is 0 Å². The molecule has 1 fully saturated rings. The number of aliphatic carboxylic acids is 1. The number of carboxylic acid groups (broad SMARTS) is 1. The summed E-state index contributed by atoms with van der Waals surface area (Å²) in [5.74, 6) is -1.03. The molecule has 2 unspecified atom stereocenters. The Morgan fingerprint density at radius 1 is 1.18 bits per heavy atom. The highest BCUT2D eigenvalue weighted by atomic mass is 16.5. The fourth-order valence-corrected chi connectivity index (χ4v) is 2.08. The summed E-state index contributed by atoms with van der Waals surface area (Å²) in [5, 5.41) is 8.81. The van der Waals surface area contributed by atoms with Gasteiger partial charge in [0.05, 0.1) is 0 Å². The highest BCUT2D eigenvalue weighted by molar-refractivity contribution is 5.82. The van der Waals surface area contributed by atoms with Crippen molar-refractivity contribution in [2.24, 2.45) is 0 Å². The summed E-state index contributed by atoms with van der Waals surface area (Å²) in [6, 6.07) is 0. The molecular formula is C12H21NO4. The van der Waals surface area contributed by atoms with E-state index in [0.717, 1.165) is 12.8 Å². The summed E-state index contributed by atoms with van der Waals surface area (Å²) in [6.45, 7) is 5.46. The Bertz CT molecular complexity index is 274. The number of carbonyl (C=O) groups excluding carboxylic acids is 1. The predicted molar refractivity (Wildman–Crippen MR) is 62.7 cm³/mol. The van der Waals surface area contributed by atoms with Crippen LogP contribution in [0.5, 0.6) is 0 Å². The Morgan fingerprint density at radius 2 is 1.71 bits per heavy atom. The second-order valence-electron chi connectivity index (χ2n) is 4.35. The van der Waals surface area contributed by atoms with Crippen molar-refractivity contribution >= 4 is 11.9 Å². The van der Waals surface area contributed by atoms with Crippen molar-refractivity contribution in [2.75, 3.05) is 13.1 Å². The van der Waals surface area contributed by atoms with E-state index in [1.807, 2.05) is 13.8 Å². The van der Waals surface area contributed by atoms with E-state index in [9.17, 15) is 9.59 Å². The predicted octanol–water partition coefficient (Wildman–Crippen LogP) is 1.27. The van der Waals surface area contributed by atoms with Crippen molar-refractivity contribution in [3.05, 3.63) is 0 Å². The highest BCUT2D eigenvalue weighted by Crippen LogP contribution is 2.21. The van der Waals surface area contributed by atoms with E-state index in [1.165, 1.54) is 0 Å². The van der Waals surface area contributed by atoms with E-state index in [-0.39, 0.29) is 5.91 Å². The molecule has 0 spiro atoms. The standard InChI is InChI=1S/C12H21NO4/c1-3-7-13(8-4-2)11(14)9-5-6-10(17-9)12(15)16/h9-10H,3-8H2,1-2H3,(H,15,16). The van der Waals surface area contributed by atoms with Crippen molar-refractivity contribution in [3.8, 4) is 0 Å². The van der Waals surface area contributed by atoms with Gasteiger partial charge in [-0.25, -0.2) is 4.79 Å². The van der Waals surface area contributed by atoms with Crippen molar-refractivity contribution in [2.45, 2.75) is 51.7 Å². The molecule has 2 atom stereocenters. The third-order valence-corrected chi connectivity index (χ3v) is 2.87. The van der Waals surface area contributed by atoms with Crippen molar-refractivity contribution in [1.29, 1.82) is 0 Å². The van der Waals surface area contributed by atoms with Crippen LogP contribution in [0.15, 0.2) is 0 Å². The lowest BCUT2D eigenvalue weighted by atomic mass is 10.1. The Morgan fingerprint density at radius 3 is 2.12 bits per heavy atom. The van der Waals surface area contributed by atoms with Crippen LogP contribution in [0.4, 0.5) is 0 Å². The molecule has 1 aliphatic rings. The first-order valence-electron chi connectivity index (χ1n) is 6.27. The van der Waals surface area contributed by atoms with Gasteiger partial charge in [-0.05, 0) is 25.7 Å². The largest absolute Gasteiger partial charge is 0.479 e. The molecule has 1 aliphatic heterocycles. The smallest absolute Gasteiger partial charge is 0.332 e. The molecule has 0 saturated carbocycles. The zero-order chi connectivity index (χ0) is 12.8. The van der Waals surface area contributed by atoms with Crippen LogP contribution in [-0.4, -0.2) is 47.2 Å². The molecule has 0 aliphatic carbocycles. The molecule has 17 heavy (non-hydrogen) atoms. The number of hydrogen-bond acceptors (Lipinski definition) is 3. The zero-order valence-electron chi connectivity index (χ0n) is 10.5. The first-order chi connectivity index (χ1) is 8.10. The fourth-order valence-electron chi connectivity index (χ4n) is 2.08. The molecule has 98 valence electrons. The van der Waals surface area contributed by atoms with Crippen LogP contribution in [0.25, 0.3) is 0 Å². The molecule has 5 nitrogen and oxygen atoms in total. The minimum Gasteiger partial charge on any atom is -0.479 e. The Labute approximate surface area is 102 Å². The number of amides is 1. The van der Waals surface area contributed by atoms with Gasteiger partial charge in [-0.1, -0.05) is 13.8 Å². The first kappa shape index (κ1) is 14.0. The number of rotatable bonds is 6. The van der Waals surface area contributed by atoms with E-state index in [4.69, 9.17) is 9.84 Å². The van der Waals surface area contributed by atoms with Crippen LogP contribution in [0.3, 0.4) is 0 Å². The molecular weight excluding hydrogens is 222 g/mol. The van der Waals surface area contributed by atoms with Crippen LogP contribution in [0.1, 0.15) is 39.5 Å². The molecule has 5 heteroatoms. The molecule has 0 aromatic heterocycles. The van der Waals surface area contributed by atoms with Gasteiger partial charge in [-0.3, -0.25) is 4.79 Å². The topological polar surface area (TPSA) is 66.8 Å². The maximum absolute atomic E-state index is 12.1. The third-order valence-electron chi connectivity index (χ3n) is 2.87. The Kier molecular flexibility index (Phi) is 5.41. The number of carboxylic acids is 1. The molecule has 1 amide bonds. The van der Waals surface area contributed by atoms with Crippen molar-refractivity contribution in [1.82, 2.24) is 4.90 Å². The summed E-state index contributed by atoms with van der Waals surface area (Å²) >= 11 is 0. The Hall–Kier alpha value is -1.10. The van der Waals surface area contributed by atoms with Gasteiger partial charge in [0.25, 0.3) is 5.91 Å². The van der Waals surface area contributed by atoms with Crippen LogP contribution >= 0.6 is 0 Å². The van der Waals surface area contributed by atoms with Gasteiger partial charge >= 0.3 is 5.97 Å². The molecule has 1 heterocycles. The van der Waals surface area contributed by atoms with Gasteiger partial charge < -0.3 is 14.7 Å². The van der Waals surface area contributed by atoms with Gasteiger partial charge in [0.1, 0.15) is 6.10 Å². The van der Waals surface area contributed by atoms with Gasteiger partial charge in [0.2, 0.25) is 0 Å². The molecule has 0 radical (unpaired) electrons. The molecule has 1 saturated heterocycles. The molecule has 0 aromatic carbocycles. The molecule has 0 aromatic rings. The SMILES string of the molecule is CCCN(CCC)C(=O)C1CCC(C(=O)O)O1. The number of nitrogens with zero attached hydrogens (tertiary/aromatic N) is 1. The van der Waals surface area contributed by atoms with Crippen LogP contribution in [0.2, 0.25) is 0 Å². The second kappa shape index (κ2) is 6.59. The van der Waals surface area contributed by atoms with Gasteiger partial charge in [-0.2, -0.15) is 0 Å². The normalized spacial score (nSPS) is 23.6. The number of carbonyl (C=O) groups is 2. The zero-order valence-corrected chi connectivity index (χ0v) is 10.5. The maximum Gasteiger partial charge on any atom is 0.332 e. The molecule has 0 bridgehead atoms. The third kappa shape index (κ3) is 3.70. The highest BCUT2D eigenvalue weighted by Gasteiger charge is 2.36. The maximum atomic E-state index is 12.1. The summed E-state index contributed by atoms with van der Waals surface area (Å²) in [7, 11) is 0. The monoisotopic (exact) mass is 243 g/mol. The van der Waals surface area contributed by atoms with Crippen LogP contribution in [-0.2, 0) is 14.3 Å². The summed E-state index contributed by atoms with van der Waals surface area (Å²) < 4.78 is 5.27. The van der Waals surface area contributed by atoms with Gasteiger partial charge in [0.15, 0.2) is 6.10 Å². The minimum atomic E-state index is -0.974. The number of hydrogen-bond donors (Lipinski definition) is 1. The van der Waals surface area contributed by atoms with Crippen molar-refractivity contribution < 1.29 is 19.4 Å². The fraction of sp³-hybridized carbons (Fsp3) is 0.833. The second-order valence-corrected chi connectivity index (χ2v) is 4.35. The lowest BCUT2D eigenvalue weighted by Crippen LogP contribution is -2.40. The average molecular weight is 243 g/mol. The first-order valence-corrected chi connectivity index (χ1v) is 6.27. The summed E-state index contributed by atoms with van der Waals surface area (Å²) in [6.07, 6.45) is 1.38. The van der Waals surface area contributed by atoms with Gasteiger partial charge in [-0.15, -0.1) is 0 Å². The minimum absolute atomic E-state index is 0.0579. The van der Waals surface area contributed by atoms with E-state index < -0.39 is 18.2 Å². The molecule has 1 N–H and O–H groups in total. The summed E-state index contributed by atoms with van der Waals surface area (Å²) in [4.78, 5) is 24.6. The van der Waals surface area contributed by atoms with E-state index in [0.29, 0.717) is 25.9 Å². The van der Waals surface area contributed by atoms with Crippen LogP contribution in [0, 0.1) is 0 Å². The van der Waals surface area contributed by atoms with Gasteiger partial charge in [0, 0.05) is 13.1 Å². The average Bonchev–Trinajstić information content (AvgIpc) is 2.77. The lowest BCUT2D eigenvalue weighted by Gasteiger charge is -2.24. The van der Waals surface area contributed by atoms with E-state index in [2.05, 4.69) is 0 Å². The Balaban J connectivity index is 2.54. The van der Waals surface area contributed by atoms with Crippen molar-refractivity contribution in [3.63, 3.8) is 0 Å². The van der Waals surface area contributed by atoms with E-state index >= 15 is 0 Å². The lowest BCUT2D eigenvalue weighted by molar-refractivity contribution is -0.154.